The summed E-state index contributed by atoms with van der Waals surface area (Å²) in [4.78, 5) is 67.9. The van der Waals surface area contributed by atoms with Crippen LogP contribution < -0.4 is 0 Å². The molecule has 0 aliphatic carbocycles. The Kier molecular flexibility index (Phi) is 53.1. The van der Waals surface area contributed by atoms with E-state index in [1.165, 1.54) is 42.7 Å². The Balaban J connectivity index is -0.000000329. The van der Waals surface area contributed by atoms with Gasteiger partial charge in [0.05, 0.1) is 86.8 Å². The van der Waals surface area contributed by atoms with Crippen LogP contribution in [0, 0.1) is 82.3 Å². The highest BCUT2D eigenvalue weighted by molar-refractivity contribution is 7.98. The van der Waals surface area contributed by atoms with Crippen molar-refractivity contribution in [2.24, 2.45) is 82.3 Å². The van der Waals surface area contributed by atoms with Crippen molar-refractivity contribution in [1.82, 2.24) is 0 Å². The Bertz CT molecular complexity index is 2330. The highest BCUT2D eigenvalue weighted by Gasteiger charge is 2.35. The lowest BCUT2D eigenvalue weighted by Crippen LogP contribution is -2.37. The van der Waals surface area contributed by atoms with Crippen molar-refractivity contribution in [3.8, 4) is 0 Å². The van der Waals surface area contributed by atoms with Crippen LogP contribution in [0.5, 0.6) is 0 Å². The van der Waals surface area contributed by atoms with Crippen molar-refractivity contribution < 1.29 is 61.9 Å². The second-order valence-corrected chi connectivity index (χ2v) is 28.6. The first-order valence-corrected chi connectivity index (χ1v) is 34.4. The van der Waals surface area contributed by atoms with Crippen LogP contribution in [0.25, 0.3) is 0 Å². The number of allylic oxidation sites excluding steroid dienone is 5. The van der Waals surface area contributed by atoms with E-state index in [1.54, 1.807) is 18.9 Å². The van der Waals surface area contributed by atoms with Gasteiger partial charge in [-0.05, 0) is 114 Å². The third-order valence-corrected chi connectivity index (χ3v) is 18.0. The van der Waals surface area contributed by atoms with Gasteiger partial charge < -0.3 is 33.2 Å². The van der Waals surface area contributed by atoms with E-state index in [9.17, 15) is 28.8 Å². The maximum absolute atomic E-state index is 11.5. The molecule has 0 N–H and O–H groups in total. The van der Waals surface area contributed by atoms with Gasteiger partial charge in [0, 0.05) is 18.9 Å². The number of benzene rings is 1. The Hall–Kier alpha value is -5.21. The molecule has 14 heteroatoms. The third-order valence-electron chi connectivity index (χ3n) is 17.4. The number of carbonyl (C=O) groups excluding carboxylic acids is 6. The number of hydrogen-bond donors (Lipinski definition) is 0. The molecule has 1 aromatic rings. The number of methoxy groups -OCH3 is 7. The molecule has 0 radical (unpaired) electrons. The van der Waals surface area contributed by atoms with Gasteiger partial charge in [-0.1, -0.05) is 241 Å². The molecule has 1 aromatic carbocycles. The molecule has 0 bridgehead atoms. The normalized spacial score (nSPS) is 13.3. The SMILES string of the molecule is C=C(C(C)C)C(CC(=O)OC)C(C)(C)C.C=C(C(C)C)C(CC(=O)OC)C(C)(C)OC.C=C(C(C)C)C(CC(=O)OC)C(C)C.C=C(C(C)C)C(CC(=O)OC)C(C)CC.C=C(C(C)C)C(CC(=O)OC)c1ccccc1.C=C(C(C)C)C(CCSC)CC(=O)OC. The van der Waals surface area contributed by atoms with E-state index in [-0.39, 0.29) is 76.7 Å². The second kappa shape index (κ2) is 51.2. The average Bonchev–Trinajstić information content (AvgIpc) is 1.47. The van der Waals surface area contributed by atoms with Crippen LogP contribution in [0.2, 0.25) is 0 Å². The topological polar surface area (TPSA) is 167 Å². The van der Waals surface area contributed by atoms with Gasteiger partial charge in [-0.2, -0.15) is 11.8 Å². The minimum absolute atomic E-state index is 0.0232. The lowest BCUT2D eigenvalue weighted by Gasteiger charge is -2.35. The maximum atomic E-state index is 11.5. The summed E-state index contributed by atoms with van der Waals surface area (Å²) in [5, 5.41) is 0. The quantitative estimate of drug-likeness (QED) is 0.0370. The summed E-state index contributed by atoms with van der Waals surface area (Å²) in [5.74, 6) is 4.31. The molecule has 13 nitrogen and oxygen atoms in total. The van der Waals surface area contributed by atoms with Gasteiger partial charge in [0.1, 0.15) is 0 Å². The molecule has 1 rings (SSSR count). The number of ether oxygens (including phenoxy) is 7. The minimum atomic E-state index is -0.407. The van der Waals surface area contributed by atoms with Gasteiger partial charge in [0.25, 0.3) is 0 Å². The molecule has 0 aliphatic heterocycles. The fourth-order valence-electron chi connectivity index (χ4n) is 9.66. The summed E-state index contributed by atoms with van der Waals surface area (Å²) < 4.78 is 33.7. The van der Waals surface area contributed by atoms with E-state index in [2.05, 4.69) is 182 Å². The number of carbonyl (C=O) groups is 6. The Morgan fingerprint density at radius 1 is 0.424 bits per heavy atom. The van der Waals surface area contributed by atoms with Gasteiger partial charge in [0.15, 0.2) is 0 Å². The first kappa shape index (κ1) is 95.5. The lowest BCUT2D eigenvalue weighted by atomic mass is 9.72. The molecular weight excluding hydrogens is 1180 g/mol. The molecule has 7 atom stereocenters. The van der Waals surface area contributed by atoms with E-state index < -0.39 is 5.60 Å². The number of thioether (sulfide) groups is 1. The summed E-state index contributed by atoms with van der Waals surface area (Å²) >= 11 is 1.80. The summed E-state index contributed by atoms with van der Waals surface area (Å²) in [5.41, 5.74) is 7.46. The van der Waals surface area contributed by atoms with Gasteiger partial charge in [0.2, 0.25) is 0 Å². The number of hydrogen-bond acceptors (Lipinski definition) is 14. The molecule has 0 spiro atoms. The summed E-state index contributed by atoms with van der Waals surface area (Å²) in [6.45, 7) is 68.6. The smallest absolute Gasteiger partial charge is 0.306 e. The van der Waals surface area contributed by atoms with Crippen molar-refractivity contribution in [2.75, 3.05) is 61.8 Å². The van der Waals surface area contributed by atoms with Crippen molar-refractivity contribution in [2.45, 2.75) is 208 Å². The fourth-order valence-corrected chi connectivity index (χ4v) is 10.2. The molecule has 0 amide bonds. The van der Waals surface area contributed by atoms with Crippen LogP contribution in [-0.2, 0) is 61.9 Å². The fraction of sp³-hybridized carbons (Fsp3) is 0.692. The zero-order valence-corrected chi connectivity index (χ0v) is 64.6. The van der Waals surface area contributed by atoms with Crippen LogP contribution in [0.3, 0.4) is 0 Å². The minimum Gasteiger partial charge on any atom is -0.469 e. The monoisotopic (exact) mass is 1310 g/mol. The van der Waals surface area contributed by atoms with E-state index >= 15 is 0 Å². The zero-order valence-electron chi connectivity index (χ0n) is 63.8. The van der Waals surface area contributed by atoms with Gasteiger partial charge in [-0.25, -0.2) is 0 Å². The molecule has 0 aliphatic rings. The van der Waals surface area contributed by atoms with Gasteiger partial charge in [-0.15, -0.1) is 0 Å². The van der Waals surface area contributed by atoms with E-state index in [0.717, 1.165) is 57.6 Å². The van der Waals surface area contributed by atoms with E-state index in [4.69, 9.17) is 28.4 Å². The van der Waals surface area contributed by atoms with Crippen LogP contribution in [-0.4, -0.2) is 103 Å². The van der Waals surface area contributed by atoms with Crippen LogP contribution in [0.4, 0.5) is 0 Å². The highest BCUT2D eigenvalue weighted by atomic mass is 32.2. The predicted octanol–water partition coefficient (Wildman–Crippen LogP) is 19.4. The number of esters is 6. The lowest BCUT2D eigenvalue weighted by molar-refractivity contribution is -0.144. The molecule has 0 aromatic heterocycles. The predicted molar refractivity (Wildman–Crippen MR) is 388 cm³/mol. The standard InChI is InChI=1S/C15H20O2.C13H24O3.2C13H24O2.C12H22O2S.C12H22O2/c1-11(2)12(3)14(10-15(16)17-4)13-8-6-5-7-9-13;1-9(2)10(3)11(8-12(14)15-6)13(4,5)16-7;1-9(2)10(3)11(13(4,5)6)8-12(14)15-7;1-7-10(4)12(8-13(14)15-6)11(5)9(2)3;1-9(2)10(3)11(6-7-15-5)8-12(13)14-4;1-8(2)10(5)11(9(3)4)7-12(13)14-6/h5-9,11,14H,3,10H2,1-2,4H3;9,11H,3,8H2,1-2,4-7H3;9,11H,3,8H2,1-2,4-7H3;9-10,12H,5,7-8H2,1-4,6H3;9,11H,3,6-8H2,1-2,4-5H3;8-9,11H,5,7H2,1-4,6H3. The molecule has 0 fully saturated rings. The molecule has 532 valence electrons. The summed E-state index contributed by atoms with van der Waals surface area (Å²) in [6.07, 6.45) is 6.62. The van der Waals surface area contributed by atoms with Crippen molar-refractivity contribution in [3.05, 3.63) is 109 Å². The molecule has 7 unspecified atom stereocenters. The molecule has 0 saturated carbocycles. The first-order chi connectivity index (χ1) is 42.4. The van der Waals surface area contributed by atoms with E-state index in [1.807, 2.05) is 44.2 Å². The van der Waals surface area contributed by atoms with E-state index in [0.29, 0.717) is 85.9 Å². The van der Waals surface area contributed by atoms with Gasteiger partial charge in [-0.3, -0.25) is 28.8 Å². The average molecular weight is 1310 g/mol. The van der Waals surface area contributed by atoms with Crippen molar-refractivity contribution >= 4 is 47.6 Å². The number of rotatable bonds is 33. The maximum Gasteiger partial charge on any atom is 0.306 e. The zero-order chi connectivity index (χ0) is 73.1. The Labute approximate surface area is 567 Å². The van der Waals surface area contributed by atoms with Crippen LogP contribution in [0.1, 0.15) is 208 Å². The Morgan fingerprint density at radius 3 is 1.08 bits per heavy atom. The van der Waals surface area contributed by atoms with Crippen molar-refractivity contribution in [3.63, 3.8) is 0 Å². The largest absolute Gasteiger partial charge is 0.469 e. The molecule has 0 heterocycles. The third kappa shape index (κ3) is 41.5. The summed E-state index contributed by atoms with van der Waals surface area (Å²) in [7, 11) is 10.2. The first-order valence-electron chi connectivity index (χ1n) is 33.0. The van der Waals surface area contributed by atoms with Crippen LogP contribution in [0.15, 0.2) is 103 Å². The van der Waals surface area contributed by atoms with Gasteiger partial charge >= 0.3 is 35.8 Å². The molecule has 0 saturated heterocycles. The van der Waals surface area contributed by atoms with Crippen molar-refractivity contribution in [1.29, 1.82) is 0 Å². The second-order valence-electron chi connectivity index (χ2n) is 27.6. The molecule has 92 heavy (non-hydrogen) atoms. The molecular formula is C78H136O13S. The summed E-state index contributed by atoms with van der Waals surface area (Å²) in [6, 6.07) is 9.99. The Morgan fingerprint density at radius 2 is 0.750 bits per heavy atom. The van der Waals surface area contributed by atoms with Crippen LogP contribution >= 0.6 is 11.8 Å². The highest BCUT2D eigenvalue weighted by Crippen LogP contribution is 2.38.